The molecule has 1 saturated heterocycles. The smallest absolute Gasteiger partial charge is 0.280 e. The average molecular weight is 390 g/mol. The van der Waals surface area contributed by atoms with E-state index in [-0.39, 0.29) is 0 Å². The van der Waals surface area contributed by atoms with E-state index in [1.165, 1.54) is 16.5 Å². The Labute approximate surface area is 162 Å². The van der Waals surface area contributed by atoms with Crippen molar-refractivity contribution in [3.8, 4) is 0 Å². The van der Waals surface area contributed by atoms with Gasteiger partial charge in [0.15, 0.2) is 0 Å². The number of fused-ring (bicyclic) bond motifs is 1. The second-order valence-electron chi connectivity index (χ2n) is 7.65. The largest absolute Gasteiger partial charge is 0.356 e. The van der Waals surface area contributed by atoms with E-state index in [1.807, 2.05) is 0 Å². The first-order chi connectivity index (χ1) is 13.5. The minimum Gasteiger partial charge on any atom is -0.356 e. The van der Waals surface area contributed by atoms with E-state index in [2.05, 4.69) is 31.8 Å². The molecule has 28 heavy (non-hydrogen) atoms. The molecule has 9 heteroatoms. The molecule has 150 valence electrons. The van der Waals surface area contributed by atoms with Crippen LogP contribution in [0.15, 0.2) is 23.5 Å². The molecule has 0 aromatic carbocycles. The highest BCUT2D eigenvalue weighted by atomic mass is 19.3. The van der Waals surface area contributed by atoms with Gasteiger partial charge in [0.1, 0.15) is 17.8 Å². The van der Waals surface area contributed by atoms with Gasteiger partial charge in [0.2, 0.25) is 0 Å². The third-order valence-electron chi connectivity index (χ3n) is 5.66. The van der Waals surface area contributed by atoms with Crippen molar-refractivity contribution >= 4 is 5.82 Å². The molecule has 0 aliphatic carbocycles. The number of alkyl halides is 2. The summed E-state index contributed by atoms with van der Waals surface area (Å²) < 4.78 is 26.8. The minimum atomic E-state index is -2.72. The lowest BCUT2D eigenvalue weighted by Gasteiger charge is -2.35. The maximum atomic E-state index is 12.7. The van der Waals surface area contributed by atoms with Crippen molar-refractivity contribution in [3.63, 3.8) is 0 Å². The predicted octanol–water partition coefficient (Wildman–Crippen LogP) is 1.88. The van der Waals surface area contributed by atoms with E-state index in [0.717, 1.165) is 63.0 Å². The summed E-state index contributed by atoms with van der Waals surface area (Å²) in [6.45, 7) is 4.10. The van der Waals surface area contributed by atoms with Crippen molar-refractivity contribution in [2.24, 2.45) is 5.92 Å². The first kappa shape index (κ1) is 18.9. The SMILES string of the molecule is CN1CCc2ncnc(N3CCC(Cn4cnc(C(F)F)cc4=O)CC3)c2C1. The number of likely N-dealkylation sites (N-methyl/N-ethyl adjacent to an activating group) is 1. The van der Waals surface area contributed by atoms with Gasteiger partial charge in [-0.05, 0) is 25.8 Å². The number of aromatic nitrogens is 4. The Balaban J connectivity index is 1.41. The average Bonchev–Trinajstić information content (AvgIpc) is 2.69. The number of hydrogen-bond acceptors (Lipinski definition) is 6. The van der Waals surface area contributed by atoms with E-state index in [9.17, 15) is 13.6 Å². The molecule has 1 fully saturated rings. The number of hydrogen-bond donors (Lipinski definition) is 0. The highest BCUT2D eigenvalue weighted by Crippen LogP contribution is 2.29. The van der Waals surface area contributed by atoms with Crippen LogP contribution in [0.4, 0.5) is 14.6 Å². The van der Waals surface area contributed by atoms with Gasteiger partial charge in [-0.2, -0.15) is 0 Å². The van der Waals surface area contributed by atoms with Gasteiger partial charge in [-0.25, -0.2) is 23.7 Å². The van der Waals surface area contributed by atoms with Crippen molar-refractivity contribution < 1.29 is 8.78 Å². The molecule has 0 bridgehead atoms. The van der Waals surface area contributed by atoms with Gasteiger partial charge in [-0.3, -0.25) is 9.36 Å². The van der Waals surface area contributed by atoms with Gasteiger partial charge in [-0.1, -0.05) is 0 Å². The second-order valence-corrected chi connectivity index (χ2v) is 7.65. The molecule has 2 aromatic rings. The first-order valence-corrected chi connectivity index (χ1v) is 9.62. The second kappa shape index (κ2) is 7.90. The Bertz CT molecular complexity index is 894. The topological polar surface area (TPSA) is 67.2 Å². The van der Waals surface area contributed by atoms with Crippen LogP contribution < -0.4 is 10.5 Å². The van der Waals surface area contributed by atoms with Crippen LogP contribution >= 0.6 is 0 Å². The van der Waals surface area contributed by atoms with Gasteiger partial charge in [-0.15, -0.1) is 0 Å². The van der Waals surface area contributed by atoms with Crippen LogP contribution in [0.5, 0.6) is 0 Å². The number of anilines is 1. The zero-order valence-electron chi connectivity index (χ0n) is 15.9. The lowest BCUT2D eigenvalue weighted by Crippen LogP contribution is -2.38. The third kappa shape index (κ3) is 3.89. The quantitative estimate of drug-likeness (QED) is 0.794. The molecule has 0 saturated carbocycles. The lowest BCUT2D eigenvalue weighted by molar-refractivity contribution is 0.145. The molecule has 2 aromatic heterocycles. The molecule has 2 aliphatic rings. The fourth-order valence-electron chi connectivity index (χ4n) is 4.04. The zero-order chi connectivity index (χ0) is 19.7. The summed E-state index contributed by atoms with van der Waals surface area (Å²) in [7, 11) is 2.11. The van der Waals surface area contributed by atoms with E-state index >= 15 is 0 Å². The first-order valence-electron chi connectivity index (χ1n) is 9.62. The zero-order valence-corrected chi connectivity index (χ0v) is 15.9. The normalized spacial score (nSPS) is 18.5. The van der Waals surface area contributed by atoms with Crippen LogP contribution in [0.2, 0.25) is 0 Å². The van der Waals surface area contributed by atoms with Crippen molar-refractivity contribution in [1.29, 1.82) is 0 Å². The molecule has 2 aliphatic heterocycles. The van der Waals surface area contributed by atoms with Crippen molar-refractivity contribution in [1.82, 2.24) is 24.4 Å². The van der Waals surface area contributed by atoms with Gasteiger partial charge >= 0.3 is 0 Å². The summed E-state index contributed by atoms with van der Waals surface area (Å²) in [5, 5.41) is 0. The van der Waals surface area contributed by atoms with Crippen molar-refractivity contribution in [3.05, 3.63) is 46.0 Å². The Kier molecular flexibility index (Phi) is 5.34. The van der Waals surface area contributed by atoms with Crippen LogP contribution in [0.25, 0.3) is 0 Å². The lowest BCUT2D eigenvalue weighted by atomic mass is 9.96. The van der Waals surface area contributed by atoms with Gasteiger partial charge < -0.3 is 9.80 Å². The number of rotatable bonds is 4. The Hall–Kier alpha value is -2.42. The Morgan fingerprint density at radius 3 is 2.68 bits per heavy atom. The highest BCUT2D eigenvalue weighted by Gasteiger charge is 2.26. The number of piperidine rings is 1. The highest BCUT2D eigenvalue weighted by molar-refractivity contribution is 5.49. The fourth-order valence-corrected chi connectivity index (χ4v) is 4.04. The Morgan fingerprint density at radius 2 is 1.96 bits per heavy atom. The van der Waals surface area contributed by atoms with Crippen LogP contribution in [-0.4, -0.2) is 51.1 Å². The number of halogens is 2. The molecular formula is C19H24F2N6O. The summed E-state index contributed by atoms with van der Waals surface area (Å²) in [6, 6.07) is 0.934. The summed E-state index contributed by atoms with van der Waals surface area (Å²) in [4.78, 5) is 29.3. The van der Waals surface area contributed by atoms with Gasteiger partial charge in [0, 0.05) is 50.8 Å². The molecule has 0 amide bonds. The molecule has 0 atom stereocenters. The molecule has 7 nitrogen and oxygen atoms in total. The van der Waals surface area contributed by atoms with Crippen molar-refractivity contribution in [2.45, 2.75) is 38.8 Å². The summed E-state index contributed by atoms with van der Waals surface area (Å²) in [5.74, 6) is 1.34. The summed E-state index contributed by atoms with van der Waals surface area (Å²) in [5.41, 5.74) is 1.48. The van der Waals surface area contributed by atoms with Crippen molar-refractivity contribution in [2.75, 3.05) is 31.6 Å². The molecular weight excluding hydrogens is 366 g/mol. The van der Waals surface area contributed by atoms with Gasteiger partial charge in [0.05, 0.1) is 12.0 Å². The fraction of sp³-hybridized carbons (Fsp3) is 0.579. The van der Waals surface area contributed by atoms with E-state index in [4.69, 9.17) is 0 Å². The molecule has 4 rings (SSSR count). The molecule has 4 heterocycles. The minimum absolute atomic E-state index is 0.313. The Morgan fingerprint density at radius 1 is 1.18 bits per heavy atom. The van der Waals surface area contributed by atoms with Gasteiger partial charge in [0.25, 0.3) is 12.0 Å². The molecule has 0 spiro atoms. The van der Waals surface area contributed by atoms with Crippen LogP contribution in [0.3, 0.4) is 0 Å². The van der Waals surface area contributed by atoms with Crippen LogP contribution in [0, 0.1) is 5.92 Å². The molecule has 0 radical (unpaired) electrons. The van der Waals surface area contributed by atoms with E-state index in [0.29, 0.717) is 12.5 Å². The molecule has 0 unspecified atom stereocenters. The van der Waals surface area contributed by atoms with Crippen LogP contribution in [-0.2, 0) is 19.5 Å². The monoisotopic (exact) mass is 390 g/mol. The predicted molar refractivity (Wildman–Crippen MR) is 100 cm³/mol. The standard InChI is InChI=1S/C19H24F2N6O/c1-25-5-4-15-14(10-25)19(23-11-22-15)26-6-2-13(3-7-26)9-27-12-24-16(18(20)21)8-17(27)28/h8,11-13,18H,2-7,9-10H2,1H3. The maximum Gasteiger partial charge on any atom is 0.280 e. The summed E-state index contributed by atoms with van der Waals surface area (Å²) >= 11 is 0. The summed E-state index contributed by atoms with van der Waals surface area (Å²) in [6.07, 6.45) is 2.95. The maximum absolute atomic E-state index is 12.7. The number of nitrogens with zero attached hydrogens (tertiary/aromatic N) is 6. The van der Waals surface area contributed by atoms with E-state index < -0.39 is 17.7 Å². The molecule has 0 N–H and O–H groups in total. The third-order valence-corrected chi connectivity index (χ3v) is 5.66. The van der Waals surface area contributed by atoms with E-state index in [1.54, 1.807) is 6.33 Å². The van der Waals surface area contributed by atoms with Crippen LogP contribution in [0.1, 0.15) is 36.2 Å².